The number of ketones is 2. The molecule has 4 N–H and O–H groups in total. The van der Waals surface area contributed by atoms with Gasteiger partial charge in [-0.3, -0.25) is 9.59 Å². The van der Waals surface area contributed by atoms with E-state index in [4.69, 9.17) is 4.74 Å². The summed E-state index contributed by atoms with van der Waals surface area (Å²) in [5.74, 6) is 10.1. The Morgan fingerprint density at radius 2 is 1.67 bits per heavy atom. The Hall–Kier alpha value is -3.88. The zero-order valence-corrected chi connectivity index (χ0v) is 19.3. The largest absolute Gasteiger partial charge is 0.507 e. The first-order valence-corrected chi connectivity index (χ1v) is 12.0. The molecular weight excluding hydrogens is 458 g/mol. The second-order valence-electron chi connectivity index (χ2n) is 9.94. The summed E-state index contributed by atoms with van der Waals surface area (Å²) < 4.78 is 6.18. The zero-order chi connectivity index (χ0) is 25.0. The minimum Gasteiger partial charge on any atom is -0.507 e. The second kappa shape index (κ2) is 6.87. The molecule has 0 saturated carbocycles. The number of aliphatic hydroxyl groups is 2. The van der Waals surface area contributed by atoms with E-state index in [-0.39, 0.29) is 33.7 Å². The lowest BCUT2D eigenvalue weighted by Gasteiger charge is -2.37. The number of phenolic OH excluding ortho intramolecular Hbond substituents is 1. The SMILES string of the molecule is C[C@@H](O)[C@@]12O[C@]13c1cc(O)c4c(c1N[C@H]2C#C/C=C\C#C[C@H]3O)C(=O)c1cc2c(cc1C4=O)CCC2. The fraction of sp³-hybridized carbons (Fsp3) is 0.310. The van der Waals surface area contributed by atoms with Crippen LogP contribution in [0.1, 0.15) is 61.9 Å². The van der Waals surface area contributed by atoms with Crippen molar-refractivity contribution in [2.45, 2.75) is 55.6 Å². The van der Waals surface area contributed by atoms with Gasteiger partial charge in [-0.1, -0.05) is 23.7 Å². The number of carbonyl (C=O) groups is 2. The van der Waals surface area contributed by atoms with Gasteiger partial charge in [-0.05, 0) is 67.7 Å². The molecule has 0 unspecified atom stereocenters. The van der Waals surface area contributed by atoms with Gasteiger partial charge in [0.1, 0.15) is 11.8 Å². The van der Waals surface area contributed by atoms with Crippen molar-refractivity contribution in [1.29, 1.82) is 0 Å². The fourth-order valence-corrected chi connectivity index (χ4v) is 6.51. The number of fused-ring (bicyclic) bond motifs is 5. The molecule has 2 aromatic carbocycles. The first-order chi connectivity index (χ1) is 17.3. The van der Waals surface area contributed by atoms with Crippen molar-refractivity contribution < 1.29 is 29.6 Å². The summed E-state index contributed by atoms with van der Waals surface area (Å²) in [6.07, 6.45) is 3.20. The summed E-state index contributed by atoms with van der Waals surface area (Å²) in [7, 11) is 0. The molecule has 1 saturated heterocycles. The number of ether oxygens (including phenoxy) is 1. The van der Waals surface area contributed by atoms with E-state index in [9.17, 15) is 24.9 Å². The van der Waals surface area contributed by atoms with Gasteiger partial charge in [-0.2, -0.15) is 0 Å². The maximum Gasteiger partial charge on any atom is 0.198 e. The van der Waals surface area contributed by atoms with E-state index in [2.05, 4.69) is 29.0 Å². The van der Waals surface area contributed by atoms with Crippen LogP contribution in [0.2, 0.25) is 0 Å². The Kier molecular flexibility index (Phi) is 4.08. The summed E-state index contributed by atoms with van der Waals surface area (Å²) in [5, 5.41) is 36.4. The highest BCUT2D eigenvalue weighted by Crippen LogP contribution is 2.67. The molecule has 2 heterocycles. The summed E-state index contributed by atoms with van der Waals surface area (Å²) in [5.41, 5.74) is 0.204. The molecule has 2 bridgehead atoms. The van der Waals surface area contributed by atoms with Gasteiger partial charge in [-0.25, -0.2) is 0 Å². The third-order valence-electron chi connectivity index (χ3n) is 8.17. The van der Waals surface area contributed by atoms with E-state index in [1.54, 1.807) is 12.1 Å². The van der Waals surface area contributed by atoms with E-state index in [0.29, 0.717) is 5.56 Å². The molecule has 5 aliphatic rings. The zero-order valence-electron chi connectivity index (χ0n) is 19.3. The van der Waals surface area contributed by atoms with Gasteiger partial charge in [0, 0.05) is 16.7 Å². The average Bonchev–Trinajstić information content (AvgIpc) is 3.41. The fourth-order valence-electron chi connectivity index (χ4n) is 6.51. The predicted octanol–water partition coefficient (Wildman–Crippen LogP) is 1.73. The normalized spacial score (nSPS) is 31.5. The molecule has 3 aliphatic carbocycles. The van der Waals surface area contributed by atoms with Gasteiger partial charge in [0.25, 0.3) is 0 Å². The highest BCUT2D eigenvalue weighted by atomic mass is 16.7. The number of anilines is 1. The van der Waals surface area contributed by atoms with Crippen molar-refractivity contribution in [2.24, 2.45) is 0 Å². The van der Waals surface area contributed by atoms with Gasteiger partial charge < -0.3 is 25.4 Å². The van der Waals surface area contributed by atoms with E-state index in [0.717, 1.165) is 30.4 Å². The molecule has 2 aliphatic heterocycles. The Morgan fingerprint density at radius 1 is 1.03 bits per heavy atom. The number of epoxide rings is 1. The van der Waals surface area contributed by atoms with Crippen molar-refractivity contribution in [3.05, 3.63) is 69.3 Å². The van der Waals surface area contributed by atoms with Gasteiger partial charge in [0.05, 0.1) is 22.9 Å². The number of allylic oxidation sites excluding steroid dienone is 2. The number of phenols is 1. The monoisotopic (exact) mass is 479 g/mol. The lowest BCUT2D eigenvalue weighted by molar-refractivity contribution is 0.0867. The van der Waals surface area contributed by atoms with Crippen molar-refractivity contribution in [3.63, 3.8) is 0 Å². The predicted molar refractivity (Wildman–Crippen MR) is 129 cm³/mol. The third-order valence-corrected chi connectivity index (χ3v) is 8.17. The first-order valence-electron chi connectivity index (χ1n) is 12.0. The van der Waals surface area contributed by atoms with Gasteiger partial charge >= 0.3 is 0 Å². The lowest BCUT2D eigenvalue weighted by Crippen LogP contribution is -2.54. The molecule has 0 spiro atoms. The minimum atomic E-state index is -1.56. The molecule has 1 fully saturated rings. The van der Waals surface area contributed by atoms with Crippen LogP contribution in [0.3, 0.4) is 0 Å². The minimum absolute atomic E-state index is 0.0223. The topological polar surface area (TPSA) is 119 Å². The van der Waals surface area contributed by atoms with Crippen LogP contribution in [-0.2, 0) is 23.2 Å². The molecule has 178 valence electrons. The number of aryl methyl sites for hydroxylation is 2. The van der Waals surface area contributed by atoms with E-state index in [1.165, 1.54) is 25.1 Å². The number of carbonyl (C=O) groups excluding carboxylic acids is 2. The average molecular weight is 479 g/mol. The lowest BCUT2D eigenvalue weighted by atomic mass is 9.69. The molecule has 0 radical (unpaired) electrons. The molecule has 0 amide bonds. The summed E-state index contributed by atoms with van der Waals surface area (Å²) in [4.78, 5) is 27.6. The van der Waals surface area contributed by atoms with Crippen LogP contribution in [0, 0.1) is 23.7 Å². The molecule has 0 aromatic heterocycles. The summed E-state index contributed by atoms with van der Waals surface area (Å²) in [6, 6.07) is 4.08. The summed E-state index contributed by atoms with van der Waals surface area (Å²) in [6.45, 7) is 1.54. The highest BCUT2D eigenvalue weighted by Gasteiger charge is 2.82. The maximum absolute atomic E-state index is 14.0. The van der Waals surface area contributed by atoms with E-state index >= 15 is 0 Å². The van der Waals surface area contributed by atoms with Crippen LogP contribution in [-0.4, -0.2) is 50.7 Å². The van der Waals surface area contributed by atoms with Crippen molar-refractivity contribution >= 4 is 17.3 Å². The number of hydrogen-bond donors (Lipinski definition) is 4. The van der Waals surface area contributed by atoms with Gasteiger partial charge in [0.15, 0.2) is 28.9 Å². The summed E-state index contributed by atoms with van der Waals surface area (Å²) >= 11 is 0. The number of benzene rings is 2. The van der Waals surface area contributed by atoms with E-state index < -0.39 is 41.0 Å². The quantitative estimate of drug-likeness (QED) is 0.238. The van der Waals surface area contributed by atoms with E-state index in [1.807, 2.05) is 0 Å². The van der Waals surface area contributed by atoms with Gasteiger partial charge in [-0.15, -0.1) is 0 Å². The van der Waals surface area contributed by atoms with Crippen molar-refractivity contribution in [2.75, 3.05) is 5.32 Å². The highest BCUT2D eigenvalue weighted by molar-refractivity contribution is 6.31. The molecule has 7 rings (SSSR count). The number of nitrogens with one attached hydrogen (secondary N) is 1. The van der Waals surface area contributed by atoms with Crippen molar-refractivity contribution in [3.8, 4) is 29.4 Å². The molecule has 5 atom stereocenters. The Bertz CT molecular complexity index is 1600. The first kappa shape index (κ1) is 21.4. The van der Waals surface area contributed by atoms with Crippen LogP contribution < -0.4 is 5.32 Å². The van der Waals surface area contributed by atoms with Gasteiger partial charge in [0.2, 0.25) is 0 Å². The smallest absolute Gasteiger partial charge is 0.198 e. The van der Waals surface area contributed by atoms with Crippen LogP contribution in [0.5, 0.6) is 5.75 Å². The Morgan fingerprint density at radius 3 is 2.33 bits per heavy atom. The van der Waals surface area contributed by atoms with Crippen LogP contribution in [0.4, 0.5) is 5.69 Å². The number of rotatable bonds is 1. The molecule has 7 heteroatoms. The standard InChI is InChI=1S/C29H21NO6/c1-14(31)28-21-9-4-2-3-5-10-22(33)29(28,36-28)19-13-20(32)23-24(25(19)30-21)27(35)18-12-16-8-6-7-15(16)11-17(18)26(23)34/h2-3,11-14,21-22,30-33H,6-8H2,1H3/b3-2-/t14-,21+,22-,28+,29+/m1/s1. The third kappa shape index (κ3) is 2.36. The molecule has 36 heavy (non-hydrogen) atoms. The number of hydrogen-bond acceptors (Lipinski definition) is 7. The number of aromatic hydroxyl groups is 1. The molecular formula is C29H21NO6. The molecule has 2 aromatic rings. The Labute approximate surface area is 206 Å². The van der Waals surface area contributed by atoms with Crippen LogP contribution >= 0.6 is 0 Å². The van der Waals surface area contributed by atoms with Crippen LogP contribution in [0.25, 0.3) is 0 Å². The second-order valence-corrected chi connectivity index (χ2v) is 9.94. The Balaban J connectivity index is 1.52. The van der Waals surface area contributed by atoms with Crippen molar-refractivity contribution in [1.82, 2.24) is 0 Å². The molecule has 7 nitrogen and oxygen atoms in total. The maximum atomic E-state index is 14.0. The van der Waals surface area contributed by atoms with Crippen LogP contribution in [0.15, 0.2) is 30.4 Å². The number of aliphatic hydroxyl groups excluding tert-OH is 2.